The number of benzene rings is 1. The normalized spacial score (nSPS) is 15.8. The molecule has 0 unspecified atom stereocenters. The van der Waals surface area contributed by atoms with Gasteiger partial charge >= 0.3 is 5.97 Å². The number of anilines is 1. The smallest absolute Gasteiger partial charge is 0.331 e. The van der Waals surface area contributed by atoms with Crippen LogP contribution in [0.25, 0.3) is 0 Å². The van der Waals surface area contributed by atoms with Crippen molar-refractivity contribution in [2.45, 2.75) is 6.42 Å². The van der Waals surface area contributed by atoms with Crippen LogP contribution in [0, 0.1) is 0 Å². The third-order valence-corrected chi connectivity index (χ3v) is 3.15. The molecule has 4 heteroatoms. The van der Waals surface area contributed by atoms with E-state index in [4.69, 9.17) is 5.11 Å². The first-order valence-corrected chi connectivity index (χ1v) is 5.89. The topological polar surface area (TPSA) is 40.5 Å². The van der Waals surface area contributed by atoms with Crippen LogP contribution in [0.15, 0.2) is 40.4 Å². The molecule has 0 fully saturated rings. The first-order chi connectivity index (χ1) is 7.66. The number of aliphatic carboxylic acids is 1. The standard InChI is InChI=1S/C12H12BrNO2/c13-10-2-1-3-11(8-10)14-6-4-9(5-7-14)12(15)16/h1-4,8H,5-7H2,(H,15,16). The van der Waals surface area contributed by atoms with Gasteiger partial charge in [0.1, 0.15) is 0 Å². The Kier molecular flexibility index (Phi) is 3.29. The highest BCUT2D eigenvalue weighted by atomic mass is 79.9. The lowest BCUT2D eigenvalue weighted by molar-refractivity contribution is -0.132. The molecule has 1 aromatic rings. The molecule has 1 aliphatic rings. The van der Waals surface area contributed by atoms with E-state index in [-0.39, 0.29) is 0 Å². The quantitative estimate of drug-likeness (QED) is 0.906. The summed E-state index contributed by atoms with van der Waals surface area (Å²) < 4.78 is 1.04. The molecule has 1 heterocycles. The maximum atomic E-state index is 10.8. The summed E-state index contributed by atoms with van der Waals surface area (Å²) >= 11 is 3.43. The van der Waals surface area contributed by atoms with Gasteiger partial charge in [-0.25, -0.2) is 4.79 Å². The molecule has 84 valence electrons. The molecule has 0 bridgehead atoms. The van der Waals surface area contributed by atoms with Crippen molar-refractivity contribution in [2.24, 2.45) is 0 Å². The van der Waals surface area contributed by atoms with Crippen molar-refractivity contribution < 1.29 is 9.90 Å². The molecule has 0 saturated heterocycles. The van der Waals surface area contributed by atoms with Gasteiger partial charge in [-0.05, 0) is 24.6 Å². The van der Waals surface area contributed by atoms with Gasteiger partial charge in [-0.1, -0.05) is 28.1 Å². The number of carbonyl (C=O) groups is 1. The summed E-state index contributed by atoms with van der Waals surface area (Å²) in [6.45, 7) is 1.42. The van der Waals surface area contributed by atoms with Crippen molar-refractivity contribution in [3.05, 3.63) is 40.4 Å². The third-order valence-electron chi connectivity index (χ3n) is 2.66. The van der Waals surface area contributed by atoms with Gasteiger partial charge in [0.25, 0.3) is 0 Å². The fourth-order valence-corrected chi connectivity index (χ4v) is 2.16. The molecule has 2 rings (SSSR count). The van der Waals surface area contributed by atoms with Gasteiger partial charge < -0.3 is 10.0 Å². The molecular formula is C12H12BrNO2. The van der Waals surface area contributed by atoms with E-state index < -0.39 is 5.97 Å². The Bertz CT molecular complexity index is 442. The number of rotatable bonds is 2. The van der Waals surface area contributed by atoms with Gasteiger partial charge in [0.05, 0.1) is 0 Å². The molecule has 1 aromatic carbocycles. The summed E-state index contributed by atoms with van der Waals surface area (Å²) in [5, 5.41) is 8.84. The van der Waals surface area contributed by atoms with E-state index in [9.17, 15) is 4.79 Å². The Balaban J connectivity index is 2.12. The fraction of sp³-hybridized carbons (Fsp3) is 0.250. The minimum absolute atomic E-state index is 0.520. The van der Waals surface area contributed by atoms with E-state index in [0.29, 0.717) is 18.5 Å². The number of carboxylic acid groups (broad SMARTS) is 1. The number of nitrogens with zero attached hydrogens (tertiary/aromatic N) is 1. The molecule has 0 saturated carbocycles. The second-order valence-corrected chi connectivity index (χ2v) is 4.63. The second-order valence-electron chi connectivity index (χ2n) is 3.71. The summed E-state index contributed by atoms with van der Waals surface area (Å²) in [5.41, 5.74) is 1.64. The molecular weight excluding hydrogens is 270 g/mol. The lowest BCUT2D eigenvalue weighted by Gasteiger charge is -2.27. The Morgan fingerprint density at radius 1 is 1.44 bits per heavy atom. The minimum Gasteiger partial charge on any atom is -0.478 e. The van der Waals surface area contributed by atoms with Crippen molar-refractivity contribution in [1.82, 2.24) is 0 Å². The zero-order valence-electron chi connectivity index (χ0n) is 8.69. The summed E-state index contributed by atoms with van der Waals surface area (Å²) in [7, 11) is 0. The van der Waals surface area contributed by atoms with Gasteiger partial charge in [-0.2, -0.15) is 0 Å². The Morgan fingerprint density at radius 3 is 2.81 bits per heavy atom. The van der Waals surface area contributed by atoms with Gasteiger partial charge in [0, 0.05) is 28.8 Å². The van der Waals surface area contributed by atoms with Crippen LogP contribution >= 0.6 is 15.9 Å². The highest BCUT2D eigenvalue weighted by Gasteiger charge is 2.16. The molecule has 3 nitrogen and oxygen atoms in total. The first kappa shape index (κ1) is 11.2. The Hall–Kier alpha value is -1.29. The maximum Gasteiger partial charge on any atom is 0.331 e. The molecule has 0 aliphatic carbocycles. The number of carboxylic acids is 1. The zero-order chi connectivity index (χ0) is 11.5. The Morgan fingerprint density at radius 2 is 2.25 bits per heavy atom. The summed E-state index contributed by atoms with van der Waals surface area (Å²) in [6.07, 6.45) is 2.38. The van der Waals surface area contributed by atoms with E-state index in [0.717, 1.165) is 16.7 Å². The lowest BCUT2D eigenvalue weighted by Crippen LogP contribution is -2.29. The lowest BCUT2D eigenvalue weighted by atomic mass is 10.1. The van der Waals surface area contributed by atoms with Crippen molar-refractivity contribution in [1.29, 1.82) is 0 Å². The summed E-state index contributed by atoms with van der Waals surface area (Å²) in [4.78, 5) is 12.9. The van der Waals surface area contributed by atoms with Crippen LogP contribution in [0.5, 0.6) is 0 Å². The summed E-state index contributed by atoms with van der Waals surface area (Å²) in [5.74, 6) is -0.797. The van der Waals surface area contributed by atoms with Crippen LogP contribution in [-0.2, 0) is 4.79 Å². The van der Waals surface area contributed by atoms with Crippen LogP contribution in [-0.4, -0.2) is 24.2 Å². The van der Waals surface area contributed by atoms with E-state index in [1.165, 1.54) is 0 Å². The SMILES string of the molecule is O=C(O)C1=CCN(c2cccc(Br)c2)CC1. The molecule has 0 radical (unpaired) electrons. The van der Waals surface area contributed by atoms with Crippen LogP contribution in [0.2, 0.25) is 0 Å². The first-order valence-electron chi connectivity index (χ1n) is 5.09. The van der Waals surface area contributed by atoms with Gasteiger partial charge in [0.2, 0.25) is 0 Å². The van der Waals surface area contributed by atoms with Crippen LogP contribution in [0.3, 0.4) is 0 Å². The van der Waals surface area contributed by atoms with Crippen molar-refractivity contribution in [3.63, 3.8) is 0 Å². The number of hydrogen-bond donors (Lipinski definition) is 1. The predicted molar refractivity (Wildman–Crippen MR) is 66.7 cm³/mol. The second kappa shape index (κ2) is 4.70. The number of halogens is 1. The van der Waals surface area contributed by atoms with Crippen molar-refractivity contribution >= 4 is 27.6 Å². The van der Waals surface area contributed by atoms with Crippen molar-refractivity contribution in [2.75, 3.05) is 18.0 Å². The van der Waals surface area contributed by atoms with Gasteiger partial charge in [0.15, 0.2) is 0 Å². The van der Waals surface area contributed by atoms with Gasteiger partial charge in [-0.15, -0.1) is 0 Å². The third kappa shape index (κ3) is 2.44. The van der Waals surface area contributed by atoms with E-state index in [2.05, 4.69) is 20.8 Å². The van der Waals surface area contributed by atoms with Crippen LogP contribution < -0.4 is 4.90 Å². The monoisotopic (exact) mass is 281 g/mol. The predicted octanol–water partition coefficient (Wildman–Crippen LogP) is 2.67. The molecule has 1 aliphatic heterocycles. The van der Waals surface area contributed by atoms with Crippen LogP contribution in [0.4, 0.5) is 5.69 Å². The van der Waals surface area contributed by atoms with E-state index in [1.54, 1.807) is 6.08 Å². The van der Waals surface area contributed by atoms with E-state index in [1.807, 2.05) is 24.3 Å². The largest absolute Gasteiger partial charge is 0.478 e. The highest BCUT2D eigenvalue weighted by molar-refractivity contribution is 9.10. The molecule has 16 heavy (non-hydrogen) atoms. The molecule has 0 aromatic heterocycles. The number of hydrogen-bond acceptors (Lipinski definition) is 2. The maximum absolute atomic E-state index is 10.8. The van der Waals surface area contributed by atoms with Crippen molar-refractivity contribution in [3.8, 4) is 0 Å². The highest BCUT2D eigenvalue weighted by Crippen LogP contribution is 2.23. The van der Waals surface area contributed by atoms with Crippen LogP contribution in [0.1, 0.15) is 6.42 Å². The Labute approximate surface area is 103 Å². The molecule has 0 amide bonds. The minimum atomic E-state index is -0.797. The van der Waals surface area contributed by atoms with E-state index >= 15 is 0 Å². The molecule has 0 atom stereocenters. The average molecular weight is 282 g/mol. The average Bonchev–Trinajstić information content (AvgIpc) is 2.29. The molecule has 1 N–H and O–H groups in total. The zero-order valence-corrected chi connectivity index (χ0v) is 10.3. The van der Waals surface area contributed by atoms with Gasteiger partial charge in [-0.3, -0.25) is 0 Å². The summed E-state index contributed by atoms with van der Waals surface area (Å²) in [6, 6.07) is 8.03. The molecule has 0 spiro atoms. The fourth-order valence-electron chi connectivity index (χ4n) is 1.77.